The van der Waals surface area contributed by atoms with Crippen molar-refractivity contribution in [3.05, 3.63) is 30.1 Å². The first-order chi connectivity index (χ1) is 10.6. The molecule has 0 bridgehead atoms. The number of amides is 2. The van der Waals surface area contributed by atoms with Crippen LogP contribution in [-0.2, 0) is 9.59 Å². The van der Waals surface area contributed by atoms with Crippen molar-refractivity contribution in [2.24, 2.45) is 0 Å². The summed E-state index contributed by atoms with van der Waals surface area (Å²) in [5.41, 5.74) is 1.05. The number of piperazine rings is 1. The summed E-state index contributed by atoms with van der Waals surface area (Å²) < 4.78 is 0. The van der Waals surface area contributed by atoms with Gasteiger partial charge in [0.2, 0.25) is 11.8 Å². The number of pyridine rings is 1. The number of hydrogen-bond donors (Lipinski definition) is 1. The van der Waals surface area contributed by atoms with Crippen molar-refractivity contribution in [2.75, 3.05) is 33.7 Å². The Morgan fingerprint density at radius 3 is 2.83 bits per heavy atom. The maximum atomic E-state index is 12.5. The highest BCUT2D eigenvalue weighted by Crippen LogP contribution is 2.22. The maximum Gasteiger partial charge on any atom is 0.223 e. The first-order valence-electron chi connectivity index (χ1n) is 7.70. The summed E-state index contributed by atoms with van der Waals surface area (Å²) in [4.78, 5) is 31.7. The second-order valence-electron chi connectivity index (χ2n) is 5.74. The molecule has 7 heteroatoms. The Labute approximate surface area is 143 Å². The molecular weight excluding hydrogens is 316 g/mol. The molecule has 1 unspecified atom stereocenters. The minimum Gasteiger partial charge on any atom is -0.349 e. The number of nitrogens with zero attached hydrogens (tertiary/aromatic N) is 3. The van der Waals surface area contributed by atoms with Gasteiger partial charge in [0.15, 0.2) is 0 Å². The Morgan fingerprint density at radius 2 is 2.17 bits per heavy atom. The summed E-state index contributed by atoms with van der Waals surface area (Å²) in [6, 6.07) is 3.92. The largest absolute Gasteiger partial charge is 0.349 e. The van der Waals surface area contributed by atoms with Crippen LogP contribution in [0.4, 0.5) is 0 Å². The fourth-order valence-corrected chi connectivity index (χ4v) is 2.63. The first-order valence-corrected chi connectivity index (χ1v) is 7.70. The topological polar surface area (TPSA) is 65.5 Å². The summed E-state index contributed by atoms with van der Waals surface area (Å²) in [5.74, 6) is 0.179. The van der Waals surface area contributed by atoms with E-state index < -0.39 is 0 Å². The third-order valence-corrected chi connectivity index (χ3v) is 3.91. The minimum atomic E-state index is 0. The number of hydrogen-bond acceptors (Lipinski definition) is 4. The summed E-state index contributed by atoms with van der Waals surface area (Å²) in [7, 11) is 3.47. The van der Waals surface area contributed by atoms with E-state index in [9.17, 15) is 9.59 Å². The molecule has 1 aromatic rings. The standard InChI is InChI=1S/C16H24N4O2.ClH/c1-19(2)15(21)6-3-7-16(22)20-10-9-18-12-14(20)13-5-4-8-17-11-13;/h4-5,8,11,14,18H,3,6-7,9-10,12H2,1-2H3;1H. The molecule has 0 aliphatic carbocycles. The molecule has 1 aromatic heterocycles. The zero-order chi connectivity index (χ0) is 15.9. The van der Waals surface area contributed by atoms with Crippen LogP contribution in [0.25, 0.3) is 0 Å². The zero-order valence-corrected chi connectivity index (χ0v) is 14.5. The highest BCUT2D eigenvalue weighted by atomic mass is 35.5. The van der Waals surface area contributed by atoms with E-state index in [4.69, 9.17) is 0 Å². The SMILES string of the molecule is CN(C)C(=O)CCCC(=O)N1CCNCC1c1cccnc1.Cl. The van der Waals surface area contributed by atoms with E-state index in [-0.39, 0.29) is 30.3 Å². The van der Waals surface area contributed by atoms with E-state index in [1.165, 1.54) is 0 Å². The van der Waals surface area contributed by atoms with Gasteiger partial charge in [-0.2, -0.15) is 0 Å². The van der Waals surface area contributed by atoms with Crippen LogP contribution in [-0.4, -0.2) is 60.3 Å². The highest BCUT2D eigenvalue weighted by molar-refractivity contribution is 5.85. The van der Waals surface area contributed by atoms with Gasteiger partial charge in [0.25, 0.3) is 0 Å². The number of nitrogens with one attached hydrogen (secondary N) is 1. The zero-order valence-electron chi connectivity index (χ0n) is 13.7. The fraction of sp³-hybridized carbons (Fsp3) is 0.562. The number of aromatic nitrogens is 1. The van der Waals surface area contributed by atoms with Gasteiger partial charge >= 0.3 is 0 Å². The van der Waals surface area contributed by atoms with Crippen LogP contribution in [0.3, 0.4) is 0 Å². The lowest BCUT2D eigenvalue weighted by atomic mass is 10.0. The van der Waals surface area contributed by atoms with E-state index >= 15 is 0 Å². The molecule has 1 saturated heterocycles. The lowest BCUT2D eigenvalue weighted by molar-refractivity contribution is -0.135. The van der Waals surface area contributed by atoms with Gasteiger partial charge in [-0.15, -0.1) is 12.4 Å². The molecule has 1 fully saturated rings. The maximum absolute atomic E-state index is 12.5. The van der Waals surface area contributed by atoms with Gasteiger partial charge in [-0.3, -0.25) is 14.6 Å². The van der Waals surface area contributed by atoms with Gasteiger partial charge in [0.05, 0.1) is 6.04 Å². The Kier molecular flexibility index (Phi) is 7.98. The molecule has 2 rings (SSSR count). The van der Waals surface area contributed by atoms with Gasteiger partial charge in [0, 0.05) is 59.0 Å². The molecule has 0 saturated carbocycles. The Morgan fingerprint density at radius 1 is 1.39 bits per heavy atom. The van der Waals surface area contributed by atoms with E-state index in [1.807, 2.05) is 23.2 Å². The molecule has 2 amide bonds. The predicted octanol–water partition coefficient (Wildman–Crippen LogP) is 1.23. The molecule has 23 heavy (non-hydrogen) atoms. The summed E-state index contributed by atoms with van der Waals surface area (Å²) in [6.45, 7) is 2.24. The van der Waals surface area contributed by atoms with Gasteiger partial charge in [-0.05, 0) is 18.1 Å². The summed E-state index contributed by atoms with van der Waals surface area (Å²) in [6.07, 6.45) is 4.98. The quantitative estimate of drug-likeness (QED) is 0.875. The molecule has 1 aliphatic heterocycles. The molecule has 128 valence electrons. The van der Waals surface area contributed by atoms with Crippen LogP contribution in [0.2, 0.25) is 0 Å². The van der Waals surface area contributed by atoms with E-state index in [0.717, 1.165) is 18.7 Å². The molecule has 0 aromatic carbocycles. The van der Waals surface area contributed by atoms with Crippen molar-refractivity contribution < 1.29 is 9.59 Å². The second-order valence-corrected chi connectivity index (χ2v) is 5.74. The van der Waals surface area contributed by atoms with Gasteiger partial charge in [0.1, 0.15) is 0 Å². The summed E-state index contributed by atoms with van der Waals surface area (Å²) in [5, 5.41) is 3.32. The fourth-order valence-electron chi connectivity index (χ4n) is 2.63. The molecule has 2 heterocycles. The number of halogens is 1. The van der Waals surface area contributed by atoms with Gasteiger partial charge in [-0.25, -0.2) is 0 Å². The average Bonchev–Trinajstić information content (AvgIpc) is 2.55. The van der Waals surface area contributed by atoms with Crippen LogP contribution >= 0.6 is 12.4 Å². The second kappa shape index (κ2) is 9.47. The molecular formula is C16H25ClN4O2. The van der Waals surface area contributed by atoms with Gasteiger partial charge in [-0.1, -0.05) is 6.07 Å². The third-order valence-electron chi connectivity index (χ3n) is 3.91. The monoisotopic (exact) mass is 340 g/mol. The van der Waals surface area contributed by atoms with Crippen LogP contribution in [0.1, 0.15) is 30.9 Å². The molecule has 0 radical (unpaired) electrons. The van der Waals surface area contributed by atoms with Crippen LogP contribution in [0.15, 0.2) is 24.5 Å². The molecule has 1 N–H and O–H groups in total. The Balaban J connectivity index is 0.00000264. The lowest BCUT2D eigenvalue weighted by Crippen LogP contribution is -2.48. The molecule has 0 spiro atoms. The summed E-state index contributed by atoms with van der Waals surface area (Å²) >= 11 is 0. The van der Waals surface area contributed by atoms with Crippen molar-refractivity contribution in [3.63, 3.8) is 0 Å². The number of carbonyl (C=O) groups is 2. The van der Waals surface area contributed by atoms with Crippen molar-refractivity contribution in [2.45, 2.75) is 25.3 Å². The molecule has 1 atom stereocenters. The van der Waals surface area contributed by atoms with E-state index in [0.29, 0.717) is 25.8 Å². The Bertz CT molecular complexity index is 510. The number of rotatable bonds is 5. The van der Waals surface area contributed by atoms with Crippen molar-refractivity contribution >= 4 is 24.2 Å². The van der Waals surface area contributed by atoms with Crippen molar-refractivity contribution in [1.82, 2.24) is 20.1 Å². The Hall–Kier alpha value is -1.66. The molecule has 6 nitrogen and oxygen atoms in total. The smallest absolute Gasteiger partial charge is 0.223 e. The first kappa shape index (κ1) is 19.4. The van der Waals surface area contributed by atoms with Gasteiger partial charge < -0.3 is 15.1 Å². The predicted molar refractivity (Wildman–Crippen MR) is 91.4 cm³/mol. The third kappa shape index (κ3) is 5.48. The molecule has 1 aliphatic rings. The normalized spacial score (nSPS) is 17.3. The van der Waals surface area contributed by atoms with E-state index in [2.05, 4.69) is 10.3 Å². The average molecular weight is 341 g/mol. The van der Waals surface area contributed by atoms with Crippen LogP contribution < -0.4 is 5.32 Å². The lowest BCUT2D eigenvalue weighted by Gasteiger charge is -2.36. The van der Waals surface area contributed by atoms with E-state index in [1.54, 1.807) is 25.2 Å². The highest BCUT2D eigenvalue weighted by Gasteiger charge is 2.27. The van der Waals surface area contributed by atoms with Crippen LogP contribution in [0.5, 0.6) is 0 Å². The van der Waals surface area contributed by atoms with Crippen molar-refractivity contribution in [1.29, 1.82) is 0 Å². The van der Waals surface area contributed by atoms with Crippen molar-refractivity contribution in [3.8, 4) is 0 Å². The minimum absolute atomic E-state index is 0. The van der Waals surface area contributed by atoms with Crippen LogP contribution in [0, 0.1) is 0 Å². The number of carbonyl (C=O) groups excluding carboxylic acids is 2.